The topological polar surface area (TPSA) is 50.9 Å². The minimum atomic E-state index is 0.261. The normalized spacial score (nSPS) is 42.2. The molecule has 3 heteroatoms. The van der Waals surface area contributed by atoms with Crippen molar-refractivity contribution in [3.05, 3.63) is 29.6 Å². The van der Waals surface area contributed by atoms with Crippen LogP contribution in [0.2, 0.25) is 0 Å². The number of hydrogen-bond acceptors (Lipinski definition) is 3. The summed E-state index contributed by atoms with van der Waals surface area (Å²) < 4.78 is 0. The highest BCUT2D eigenvalue weighted by Gasteiger charge is 2.58. The highest BCUT2D eigenvalue weighted by molar-refractivity contribution is 5.28. The summed E-state index contributed by atoms with van der Waals surface area (Å²) in [6.45, 7) is 4.70. The van der Waals surface area contributed by atoms with Crippen molar-refractivity contribution in [2.75, 3.05) is 0 Å². The molecular formula is C18H27N3. The second-order valence-corrected chi connectivity index (χ2v) is 8.47. The molecule has 1 aromatic heterocycles. The maximum atomic E-state index is 6.06. The Bertz CT molecular complexity index is 539. The van der Waals surface area contributed by atoms with E-state index in [9.17, 15) is 0 Å². The lowest BCUT2D eigenvalue weighted by Gasteiger charge is -2.63. The summed E-state index contributed by atoms with van der Waals surface area (Å²) in [6.07, 6.45) is 12.3. The quantitative estimate of drug-likeness (QED) is 0.660. The highest BCUT2D eigenvalue weighted by Crippen LogP contribution is 2.68. The van der Waals surface area contributed by atoms with Gasteiger partial charge in [0.1, 0.15) is 0 Å². The summed E-state index contributed by atoms with van der Waals surface area (Å²) in [7, 11) is 0. The summed E-state index contributed by atoms with van der Waals surface area (Å²) >= 11 is 0. The molecule has 0 aliphatic heterocycles. The molecule has 3 atom stereocenters. The van der Waals surface area contributed by atoms with Gasteiger partial charge in [-0.25, -0.2) is 0 Å². The molecule has 1 aromatic rings. The minimum absolute atomic E-state index is 0.261. The average molecular weight is 285 g/mol. The zero-order chi connectivity index (χ0) is 14.7. The molecule has 4 aliphatic rings. The lowest BCUT2D eigenvalue weighted by Crippen LogP contribution is -2.56. The van der Waals surface area contributed by atoms with Crippen LogP contribution < -0.4 is 11.3 Å². The van der Waals surface area contributed by atoms with Crippen molar-refractivity contribution >= 4 is 0 Å². The van der Waals surface area contributed by atoms with E-state index in [1.165, 1.54) is 49.7 Å². The lowest BCUT2D eigenvalue weighted by atomic mass is 9.43. The molecule has 0 saturated heterocycles. The van der Waals surface area contributed by atoms with Gasteiger partial charge in [0, 0.05) is 12.4 Å². The molecule has 1 heterocycles. The maximum Gasteiger partial charge on any atom is 0.0534 e. The Balaban J connectivity index is 1.75. The Morgan fingerprint density at radius 3 is 2.57 bits per heavy atom. The Kier molecular flexibility index (Phi) is 2.96. The van der Waals surface area contributed by atoms with Gasteiger partial charge in [-0.3, -0.25) is 16.3 Å². The lowest BCUT2D eigenvalue weighted by molar-refractivity contribution is -0.119. The summed E-state index contributed by atoms with van der Waals surface area (Å²) in [4.78, 5) is 4.36. The van der Waals surface area contributed by atoms with Crippen LogP contribution in [0, 0.1) is 29.6 Å². The number of aromatic nitrogens is 1. The highest BCUT2D eigenvalue weighted by atomic mass is 15.2. The number of nitrogens with one attached hydrogen (secondary N) is 1. The molecule has 0 spiro atoms. The monoisotopic (exact) mass is 285 g/mol. The standard InChI is InChI=1S/C18H27N3/c1-12-3-4-20-10-15(12)16(21-19)18-8-13-5-14(9-18)7-17(2,6-13)11-18/h3-4,10,13-14,16,21H,5-9,11,19H2,1-2H3. The molecule has 4 saturated carbocycles. The van der Waals surface area contributed by atoms with Gasteiger partial charge >= 0.3 is 0 Å². The molecule has 5 rings (SSSR count). The largest absolute Gasteiger partial charge is 0.271 e. The van der Waals surface area contributed by atoms with Crippen LogP contribution in [0.1, 0.15) is 62.6 Å². The molecule has 0 radical (unpaired) electrons. The fraction of sp³-hybridized carbons (Fsp3) is 0.722. The number of hydrogen-bond donors (Lipinski definition) is 2. The first-order chi connectivity index (χ1) is 10.0. The van der Waals surface area contributed by atoms with E-state index in [1.807, 2.05) is 12.4 Å². The van der Waals surface area contributed by atoms with Crippen LogP contribution in [0.5, 0.6) is 0 Å². The van der Waals surface area contributed by atoms with E-state index >= 15 is 0 Å². The van der Waals surface area contributed by atoms with Gasteiger partial charge in [-0.05, 0) is 85.3 Å². The van der Waals surface area contributed by atoms with Gasteiger partial charge in [-0.2, -0.15) is 0 Å². The third-order valence-electron chi connectivity index (χ3n) is 6.57. The van der Waals surface area contributed by atoms with Crippen molar-refractivity contribution in [2.24, 2.45) is 28.5 Å². The zero-order valence-corrected chi connectivity index (χ0v) is 13.2. The summed E-state index contributed by atoms with van der Waals surface area (Å²) in [5.74, 6) is 7.90. The van der Waals surface area contributed by atoms with Gasteiger partial charge in [0.05, 0.1) is 6.04 Å². The van der Waals surface area contributed by atoms with Crippen molar-refractivity contribution in [3.63, 3.8) is 0 Å². The number of nitrogens with two attached hydrogens (primary N) is 1. The number of aryl methyl sites for hydroxylation is 1. The maximum absolute atomic E-state index is 6.06. The molecule has 4 bridgehead atoms. The van der Waals surface area contributed by atoms with E-state index < -0.39 is 0 Å². The van der Waals surface area contributed by atoms with Gasteiger partial charge in [-0.1, -0.05) is 6.92 Å². The summed E-state index contributed by atoms with van der Waals surface area (Å²) in [5, 5.41) is 0. The van der Waals surface area contributed by atoms with Crippen molar-refractivity contribution in [2.45, 2.75) is 58.4 Å². The fourth-order valence-corrected chi connectivity index (χ4v) is 6.51. The molecule has 0 aromatic carbocycles. The van der Waals surface area contributed by atoms with Crippen LogP contribution in [0.4, 0.5) is 0 Å². The number of hydrazine groups is 1. The minimum Gasteiger partial charge on any atom is -0.271 e. The molecule has 21 heavy (non-hydrogen) atoms. The van der Waals surface area contributed by atoms with Gasteiger partial charge < -0.3 is 0 Å². The molecule has 0 amide bonds. The molecule has 3 unspecified atom stereocenters. The number of pyridine rings is 1. The van der Waals surface area contributed by atoms with Crippen LogP contribution in [-0.4, -0.2) is 4.98 Å². The third kappa shape index (κ3) is 2.05. The molecule has 114 valence electrons. The molecular weight excluding hydrogens is 258 g/mol. The zero-order valence-electron chi connectivity index (χ0n) is 13.2. The molecule has 4 fully saturated rings. The number of nitrogens with zero attached hydrogens (tertiary/aromatic N) is 1. The van der Waals surface area contributed by atoms with E-state index in [-0.39, 0.29) is 6.04 Å². The van der Waals surface area contributed by atoms with Crippen LogP contribution in [0.3, 0.4) is 0 Å². The second-order valence-electron chi connectivity index (χ2n) is 8.47. The predicted molar refractivity (Wildman–Crippen MR) is 84.3 cm³/mol. The SMILES string of the molecule is Cc1ccncc1C(NN)C12CC3CC(CC(C)(C3)C1)C2. The van der Waals surface area contributed by atoms with Gasteiger partial charge in [0.2, 0.25) is 0 Å². The van der Waals surface area contributed by atoms with Crippen molar-refractivity contribution in [1.82, 2.24) is 10.4 Å². The smallest absolute Gasteiger partial charge is 0.0534 e. The first-order valence-corrected chi connectivity index (χ1v) is 8.40. The first-order valence-electron chi connectivity index (χ1n) is 8.40. The van der Waals surface area contributed by atoms with Crippen molar-refractivity contribution in [3.8, 4) is 0 Å². The molecule has 4 aliphatic carbocycles. The fourth-order valence-electron chi connectivity index (χ4n) is 6.51. The van der Waals surface area contributed by atoms with E-state index in [4.69, 9.17) is 5.84 Å². The Hall–Kier alpha value is -0.930. The van der Waals surface area contributed by atoms with Gasteiger partial charge in [0.25, 0.3) is 0 Å². The van der Waals surface area contributed by atoms with Crippen molar-refractivity contribution in [1.29, 1.82) is 0 Å². The summed E-state index contributed by atoms with van der Waals surface area (Å²) in [5.41, 5.74) is 6.72. The second kappa shape index (κ2) is 4.53. The Labute approximate surface area is 127 Å². The van der Waals surface area contributed by atoms with Crippen LogP contribution in [0.15, 0.2) is 18.5 Å². The first kappa shape index (κ1) is 13.7. The molecule has 3 N–H and O–H groups in total. The number of rotatable bonds is 3. The summed E-state index contributed by atoms with van der Waals surface area (Å²) in [6, 6.07) is 2.37. The van der Waals surface area contributed by atoms with E-state index in [0.717, 1.165) is 11.8 Å². The third-order valence-corrected chi connectivity index (χ3v) is 6.57. The van der Waals surface area contributed by atoms with Gasteiger partial charge in [0.15, 0.2) is 0 Å². The Morgan fingerprint density at radius 1 is 1.29 bits per heavy atom. The van der Waals surface area contributed by atoms with E-state index in [2.05, 4.69) is 30.3 Å². The van der Waals surface area contributed by atoms with Crippen LogP contribution >= 0.6 is 0 Å². The van der Waals surface area contributed by atoms with E-state index in [0.29, 0.717) is 10.8 Å². The van der Waals surface area contributed by atoms with Crippen LogP contribution in [-0.2, 0) is 0 Å². The van der Waals surface area contributed by atoms with Crippen molar-refractivity contribution < 1.29 is 0 Å². The average Bonchev–Trinajstić information content (AvgIpc) is 2.38. The van der Waals surface area contributed by atoms with E-state index in [1.54, 1.807) is 0 Å². The van der Waals surface area contributed by atoms with Crippen LogP contribution in [0.25, 0.3) is 0 Å². The Morgan fingerprint density at radius 2 is 2.00 bits per heavy atom. The predicted octanol–water partition coefficient (Wildman–Crippen LogP) is 3.50. The van der Waals surface area contributed by atoms with Gasteiger partial charge in [-0.15, -0.1) is 0 Å². The molecule has 3 nitrogen and oxygen atoms in total.